The molecule has 3 nitrogen and oxygen atoms in total. The molecule has 2 aromatic heterocycles. The van der Waals surface area contributed by atoms with E-state index in [-0.39, 0.29) is 17.0 Å². The Kier molecular flexibility index (Phi) is 11.6. The second kappa shape index (κ2) is 18.2. The minimum absolute atomic E-state index is 0.147. The molecule has 2 heterocycles. The summed E-state index contributed by atoms with van der Waals surface area (Å²) in [7, 11) is 0. The Morgan fingerprint density at radius 2 is 1.01 bits per heavy atom. The second-order valence-corrected chi connectivity index (χ2v) is 19.4. The zero-order valence-corrected chi connectivity index (χ0v) is 40.7. The molecule has 12 aromatic rings. The maximum atomic E-state index is 15.9. The molecule has 0 aliphatic heterocycles. The van der Waals surface area contributed by atoms with E-state index in [2.05, 4.69) is 124 Å². The first kappa shape index (κ1) is 45.2. The first-order valence-corrected chi connectivity index (χ1v) is 24.3. The molecule has 71 heavy (non-hydrogen) atoms. The summed E-state index contributed by atoms with van der Waals surface area (Å²) in [6.45, 7) is 13.0. The first-order chi connectivity index (χ1) is 34.5. The fraction of sp³-hybridized carbons (Fsp3) is 0.121. The number of anilines is 3. The lowest BCUT2D eigenvalue weighted by Gasteiger charge is -2.30. The quantitative estimate of drug-likeness (QED) is 0.172. The van der Waals surface area contributed by atoms with Crippen molar-refractivity contribution in [1.29, 1.82) is 0 Å². The molecule has 0 unspecified atom stereocenters. The van der Waals surface area contributed by atoms with E-state index in [1.54, 1.807) is 25.1 Å². The van der Waals surface area contributed by atoms with E-state index in [1.165, 1.54) is 55.6 Å². The molecule has 0 bridgehead atoms. The lowest BCUT2D eigenvalue weighted by molar-refractivity contribution is 0.619. The molecule has 0 N–H and O–H groups in total. The topological polar surface area (TPSA) is 29.5 Å². The van der Waals surface area contributed by atoms with Gasteiger partial charge in [-0.05, 0) is 124 Å². The van der Waals surface area contributed by atoms with Crippen molar-refractivity contribution in [2.75, 3.05) is 4.90 Å². The van der Waals surface area contributed by atoms with Crippen molar-refractivity contribution in [3.63, 3.8) is 0 Å². The number of fused-ring (bicyclic) bond motifs is 11. The molecule has 10 aromatic carbocycles. The molecular formula is C66H53F2NO2. The fourth-order valence-corrected chi connectivity index (χ4v) is 10.5. The third-order valence-electron chi connectivity index (χ3n) is 14.1. The third-order valence-corrected chi connectivity index (χ3v) is 14.1. The van der Waals surface area contributed by atoms with Crippen molar-refractivity contribution in [3.8, 4) is 22.3 Å². The largest absolute Gasteiger partial charge is 0.456 e. The van der Waals surface area contributed by atoms with Crippen LogP contribution in [0.1, 0.15) is 61.4 Å². The van der Waals surface area contributed by atoms with Gasteiger partial charge in [0.2, 0.25) is 0 Å². The minimum Gasteiger partial charge on any atom is -0.456 e. The summed E-state index contributed by atoms with van der Waals surface area (Å²) in [6, 6.07) is 68.4. The van der Waals surface area contributed by atoms with Gasteiger partial charge in [-0.15, -0.1) is 0 Å². The van der Waals surface area contributed by atoms with Gasteiger partial charge >= 0.3 is 0 Å². The maximum Gasteiger partial charge on any atom is 0.147 e. The molecular weight excluding hydrogens is 877 g/mol. The molecule has 0 saturated heterocycles. The average Bonchev–Trinajstić information content (AvgIpc) is 4.04. The molecule has 0 spiro atoms. The molecule has 0 saturated carbocycles. The number of hydrogen-bond acceptors (Lipinski definition) is 3. The minimum atomic E-state index is -0.278. The number of furan rings is 2. The standard InChI is InChI=1S/C38H28FNO.C15H14O.C13H11F/c1-23-19-20-26-28(21-23)38(2,3)29-22-33(24-11-4-5-12-25(24)36(26)29)40(31-15-8-7-14-30(31)39)32-16-10-18-35-37(32)27-13-6-9-17-34(27)41-35;1-10(2)11-7-5-9-14-15(11)12-6-3-4-8-13(12)16-14;1-10-7-8-12(9-13(10)14)11-5-3-2-4-6-11/h4-22H,1-3H3;3-10H,1-2H3;2-9H,1H3. The Labute approximate surface area is 413 Å². The summed E-state index contributed by atoms with van der Waals surface area (Å²) < 4.78 is 41.3. The number of rotatable bonds is 5. The molecule has 0 atom stereocenters. The van der Waals surface area contributed by atoms with E-state index in [9.17, 15) is 4.39 Å². The Bertz CT molecular complexity index is 3950. The zero-order chi connectivity index (χ0) is 49.0. The van der Waals surface area contributed by atoms with E-state index in [0.29, 0.717) is 17.2 Å². The molecule has 1 aliphatic rings. The van der Waals surface area contributed by atoms with Gasteiger partial charge in [0.25, 0.3) is 0 Å². The van der Waals surface area contributed by atoms with Crippen LogP contribution in [0.15, 0.2) is 215 Å². The van der Waals surface area contributed by atoms with Crippen LogP contribution in [0.25, 0.3) is 76.9 Å². The van der Waals surface area contributed by atoms with Gasteiger partial charge in [-0.2, -0.15) is 0 Å². The Morgan fingerprint density at radius 1 is 0.437 bits per heavy atom. The van der Waals surface area contributed by atoms with Gasteiger partial charge in [0.1, 0.15) is 34.0 Å². The van der Waals surface area contributed by atoms with E-state index >= 15 is 4.39 Å². The highest BCUT2D eigenvalue weighted by Crippen LogP contribution is 2.55. The van der Waals surface area contributed by atoms with Crippen LogP contribution >= 0.6 is 0 Å². The Hall–Kier alpha value is -8.28. The van der Waals surface area contributed by atoms with E-state index in [0.717, 1.165) is 61.0 Å². The van der Waals surface area contributed by atoms with Crippen molar-refractivity contribution in [1.82, 2.24) is 0 Å². The second-order valence-electron chi connectivity index (χ2n) is 19.4. The van der Waals surface area contributed by atoms with Crippen LogP contribution in [0, 0.1) is 25.5 Å². The van der Waals surface area contributed by atoms with E-state index < -0.39 is 0 Å². The van der Waals surface area contributed by atoms with Crippen LogP contribution in [0.5, 0.6) is 0 Å². The number of hydrogen-bond donors (Lipinski definition) is 0. The number of aryl methyl sites for hydroxylation is 2. The van der Waals surface area contributed by atoms with Gasteiger partial charge in [0.15, 0.2) is 0 Å². The van der Waals surface area contributed by atoms with Crippen LogP contribution in [-0.2, 0) is 5.41 Å². The summed E-state index contributed by atoms with van der Waals surface area (Å²) in [4.78, 5) is 2.09. The first-order valence-electron chi connectivity index (χ1n) is 24.3. The fourth-order valence-electron chi connectivity index (χ4n) is 10.5. The predicted molar refractivity (Wildman–Crippen MR) is 293 cm³/mol. The lowest BCUT2D eigenvalue weighted by atomic mass is 9.81. The van der Waals surface area contributed by atoms with Gasteiger partial charge in [0, 0.05) is 27.0 Å². The maximum absolute atomic E-state index is 15.9. The highest BCUT2D eigenvalue weighted by molar-refractivity contribution is 6.16. The summed E-state index contributed by atoms with van der Waals surface area (Å²) in [5, 5.41) is 6.71. The SMILES string of the molecule is CC(C)c1cccc2oc3ccccc3c12.Cc1ccc(-c2ccccc2)cc1F.Cc1ccc2c(c1)C(C)(C)c1cc(N(c3ccccc3F)c3cccc4oc5ccccc5c34)c3ccccc3c1-2. The molecule has 0 fully saturated rings. The van der Waals surface area contributed by atoms with Crippen LogP contribution in [0.4, 0.5) is 25.8 Å². The average molecular weight is 930 g/mol. The van der Waals surface area contributed by atoms with Gasteiger partial charge in [0.05, 0.1) is 22.4 Å². The van der Waals surface area contributed by atoms with Crippen LogP contribution in [-0.4, -0.2) is 0 Å². The zero-order valence-electron chi connectivity index (χ0n) is 40.7. The van der Waals surface area contributed by atoms with Crippen molar-refractivity contribution in [2.24, 2.45) is 0 Å². The third kappa shape index (κ3) is 8.02. The summed E-state index contributed by atoms with van der Waals surface area (Å²) in [5.74, 6) is 0.0936. The number of benzene rings is 10. The molecule has 13 rings (SSSR count). The number of halogens is 2. The van der Waals surface area contributed by atoms with Gasteiger partial charge in [-0.25, -0.2) is 8.78 Å². The van der Waals surface area contributed by atoms with Crippen molar-refractivity contribution >= 4 is 71.7 Å². The van der Waals surface area contributed by atoms with Gasteiger partial charge in [-0.1, -0.05) is 185 Å². The van der Waals surface area contributed by atoms with Crippen LogP contribution in [0.2, 0.25) is 0 Å². The smallest absolute Gasteiger partial charge is 0.147 e. The lowest BCUT2D eigenvalue weighted by Crippen LogP contribution is -2.17. The molecule has 5 heteroatoms. The number of para-hydroxylation sites is 3. The number of nitrogens with zero attached hydrogens (tertiary/aromatic N) is 1. The van der Waals surface area contributed by atoms with Crippen molar-refractivity contribution in [2.45, 2.75) is 52.9 Å². The monoisotopic (exact) mass is 929 g/mol. The van der Waals surface area contributed by atoms with Crippen LogP contribution < -0.4 is 4.90 Å². The highest BCUT2D eigenvalue weighted by atomic mass is 19.1. The summed E-state index contributed by atoms with van der Waals surface area (Å²) in [6.07, 6.45) is 0. The van der Waals surface area contributed by atoms with E-state index in [1.807, 2.05) is 97.1 Å². The highest BCUT2D eigenvalue weighted by Gasteiger charge is 2.38. The molecule has 348 valence electrons. The molecule has 0 radical (unpaired) electrons. The predicted octanol–water partition coefficient (Wildman–Crippen LogP) is 19.5. The van der Waals surface area contributed by atoms with Crippen molar-refractivity contribution in [3.05, 3.63) is 246 Å². The van der Waals surface area contributed by atoms with Gasteiger partial charge in [-0.3, -0.25) is 0 Å². The van der Waals surface area contributed by atoms with Gasteiger partial charge < -0.3 is 13.7 Å². The molecule has 0 amide bonds. The Balaban J connectivity index is 0.000000148. The normalized spacial score (nSPS) is 12.5. The van der Waals surface area contributed by atoms with Crippen molar-refractivity contribution < 1.29 is 17.6 Å². The summed E-state index contributed by atoms with van der Waals surface area (Å²) in [5.41, 5.74) is 16.1. The summed E-state index contributed by atoms with van der Waals surface area (Å²) >= 11 is 0. The Morgan fingerprint density at radius 3 is 1.70 bits per heavy atom. The molecule has 1 aliphatic carbocycles. The van der Waals surface area contributed by atoms with E-state index in [4.69, 9.17) is 8.83 Å². The van der Waals surface area contributed by atoms with Crippen LogP contribution in [0.3, 0.4) is 0 Å².